The van der Waals surface area contributed by atoms with Crippen molar-refractivity contribution in [2.45, 2.75) is 13.8 Å². The quantitative estimate of drug-likeness (QED) is 0.608. The molecule has 0 bridgehead atoms. The second kappa shape index (κ2) is 3.77. The Kier molecular flexibility index (Phi) is 2.71. The van der Waals surface area contributed by atoms with Gasteiger partial charge in [0.2, 0.25) is 0 Å². The van der Waals surface area contributed by atoms with Crippen molar-refractivity contribution in [3.8, 4) is 5.75 Å². The van der Waals surface area contributed by atoms with E-state index in [0.29, 0.717) is 12.3 Å². The predicted octanol–water partition coefficient (Wildman–Crippen LogP) is 2.94. The molecule has 2 nitrogen and oxygen atoms in total. The second-order valence-electron chi connectivity index (χ2n) is 2.49. The number of hydrogen-bond acceptors (Lipinski definition) is 1. The number of nitrogens with zero attached hydrogens (tertiary/aromatic N) is 1. The van der Waals surface area contributed by atoms with Crippen LogP contribution in [0, 0.1) is 13.5 Å². The summed E-state index contributed by atoms with van der Waals surface area (Å²) in [6, 6.07) is 5.49. The van der Waals surface area contributed by atoms with E-state index in [1.54, 1.807) is 6.07 Å². The molecule has 1 rings (SSSR count). The molecule has 0 radical (unpaired) electrons. The predicted molar refractivity (Wildman–Crippen MR) is 48.6 cm³/mol. The van der Waals surface area contributed by atoms with Crippen molar-refractivity contribution in [3.63, 3.8) is 0 Å². The molecule has 12 heavy (non-hydrogen) atoms. The average Bonchev–Trinajstić information content (AvgIpc) is 2.05. The van der Waals surface area contributed by atoms with E-state index in [9.17, 15) is 0 Å². The Hall–Kier alpha value is -1.49. The molecule has 0 saturated heterocycles. The molecule has 1 aromatic rings. The van der Waals surface area contributed by atoms with E-state index in [2.05, 4.69) is 4.85 Å². The van der Waals surface area contributed by atoms with Crippen LogP contribution in [0.4, 0.5) is 5.69 Å². The van der Waals surface area contributed by atoms with E-state index < -0.39 is 0 Å². The zero-order chi connectivity index (χ0) is 8.97. The molecule has 0 fully saturated rings. The van der Waals surface area contributed by atoms with Gasteiger partial charge in [0.25, 0.3) is 0 Å². The highest BCUT2D eigenvalue weighted by molar-refractivity contribution is 5.54. The highest BCUT2D eigenvalue weighted by Crippen LogP contribution is 2.23. The molecule has 0 aliphatic carbocycles. The zero-order valence-corrected chi connectivity index (χ0v) is 7.29. The molecule has 0 N–H and O–H groups in total. The van der Waals surface area contributed by atoms with Gasteiger partial charge in [0.05, 0.1) is 13.2 Å². The first-order valence-corrected chi connectivity index (χ1v) is 3.89. The van der Waals surface area contributed by atoms with Crippen LogP contribution in [0.1, 0.15) is 12.5 Å². The van der Waals surface area contributed by atoms with E-state index in [1.165, 1.54) is 0 Å². The molecule has 2 heteroatoms. The number of ether oxygens (including phenoxy) is 1. The summed E-state index contributed by atoms with van der Waals surface area (Å²) < 4.78 is 5.28. The van der Waals surface area contributed by atoms with E-state index in [4.69, 9.17) is 11.3 Å². The van der Waals surface area contributed by atoms with Crippen LogP contribution in [0.2, 0.25) is 0 Å². The van der Waals surface area contributed by atoms with Crippen molar-refractivity contribution in [3.05, 3.63) is 35.2 Å². The van der Waals surface area contributed by atoms with Crippen LogP contribution < -0.4 is 4.74 Å². The first-order chi connectivity index (χ1) is 5.77. The van der Waals surface area contributed by atoms with Crippen LogP contribution in [0.3, 0.4) is 0 Å². The average molecular weight is 161 g/mol. The van der Waals surface area contributed by atoms with Gasteiger partial charge < -0.3 is 4.74 Å². The smallest absolute Gasteiger partial charge is 0.190 e. The molecule has 1 aromatic carbocycles. The van der Waals surface area contributed by atoms with Gasteiger partial charge in [-0.1, -0.05) is 6.07 Å². The molecule has 0 heterocycles. The summed E-state index contributed by atoms with van der Waals surface area (Å²) in [4.78, 5) is 3.37. The molecule has 0 amide bonds. The molecule has 0 spiro atoms. The Bertz CT molecular complexity index is 312. The third kappa shape index (κ3) is 1.76. The SMILES string of the molecule is [C-]#[N+]c1ccc(OCC)cc1C. The van der Waals surface area contributed by atoms with E-state index in [1.807, 2.05) is 26.0 Å². The Balaban J connectivity index is 2.96. The number of benzene rings is 1. The normalized spacial score (nSPS) is 9.08. The van der Waals surface area contributed by atoms with Gasteiger partial charge in [-0.2, -0.15) is 0 Å². The minimum absolute atomic E-state index is 0.663. The Morgan fingerprint density at radius 2 is 2.25 bits per heavy atom. The fourth-order valence-corrected chi connectivity index (χ4v) is 1.01. The van der Waals surface area contributed by atoms with Gasteiger partial charge >= 0.3 is 0 Å². The maximum atomic E-state index is 6.84. The van der Waals surface area contributed by atoms with Crippen molar-refractivity contribution >= 4 is 5.69 Å². The lowest BCUT2D eigenvalue weighted by Gasteiger charge is -2.04. The standard InChI is InChI=1S/C10H11NO/c1-4-12-9-5-6-10(11-3)8(2)7-9/h5-7H,4H2,1-2H3. The van der Waals surface area contributed by atoms with Crippen LogP contribution in [-0.2, 0) is 0 Å². The van der Waals surface area contributed by atoms with Crippen molar-refractivity contribution in [1.29, 1.82) is 0 Å². The lowest BCUT2D eigenvalue weighted by Crippen LogP contribution is -1.90. The Morgan fingerprint density at radius 3 is 2.75 bits per heavy atom. The maximum absolute atomic E-state index is 6.84. The van der Waals surface area contributed by atoms with E-state index >= 15 is 0 Å². The lowest BCUT2D eigenvalue weighted by molar-refractivity contribution is 0.340. The van der Waals surface area contributed by atoms with E-state index in [0.717, 1.165) is 11.3 Å². The van der Waals surface area contributed by atoms with Gasteiger partial charge in [-0.05, 0) is 31.5 Å². The Labute approximate surface area is 72.6 Å². The summed E-state index contributed by atoms with van der Waals surface area (Å²) in [5.74, 6) is 0.836. The maximum Gasteiger partial charge on any atom is 0.190 e. The van der Waals surface area contributed by atoms with Crippen molar-refractivity contribution in [1.82, 2.24) is 0 Å². The van der Waals surface area contributed by atoms with Crippen molar-refractivity contribution < 1.29 is 4.74 Å². The molecule has 0 saturated carbocycles. The molecule has 62 valence electrons. The summed E-state index contributed by atoms with van der Waals surface area (Å²) in [5.41, 5.74) is 1.66. The summed E-state index contributed by atoms with van der Waals surface area (Å²) >= 11 is 0. The first kappa shape index (κ1) is 8.61. The van der Waals surface area contributed by atoms with Gasteiger partial charge in [-0.15, -0.1) is 0 Å². The summed E-state index contributed by atoms with van der Waals surface area (Å²) in [5, 5.41) is 0. The molecule has 0 aromatic heterocycles. The summed E-state index contributed by atoms with van der Waals surface area (Å²) in [6.45, 7) is 11.4. The largest absolute Gasteiger partial charge is 0.494 e. The number of rotatable bonds is 2. The van der Waals surface area contributed by atoms with Crippen LogP contribution in [0.25, 0.3) is 4.85 Å². The van der Waals surface area contributed by atoms with Gasteiger partial charge in [0.15, 0.2) is 5.69 Å². The van der Waals surface area contributed by atoms with Gasteiger partial charge in [-0.3, -0.25) is 0 Å². The third-order valence-electron chi connectivity index (χ3n) is 1.60. The summed E-state index contributed by atoms with van der Waals surface area (Å²) in [7, 11) is 0. The van der Waals surface area contributed by atoms with Crippen LogP contribution >= 0.6 is 0 Å². The van der Waals surface area contributed by atoms with Crippen LogP contribution in [0.5, 0.6) is 5.75 Å². The molecular weight excluding hydrogens is 150 g/mol. The Morgan fingerprint density at radius 1 is 1.50 bits per heavy atom. The van der Waals surface area contributed by atoms with Gasteiger partial charge in [-0.25, -0.2) is 4.85 Å². The number of aryl methyl sites for hydroxylation is 1. The molecule has 0 aliphatic heterocycles. The topological polar surface area (TPSA) is 13.6 Å². The van der Waals surface area contributed by atoms with E-state index in [-0.39, 0.29) is 0 Å². The fraction of sp³-hybridized carbons (Fsp3) is 0.300. The first-order valence-electron chi connectivity index (χ1n) is 3.89. The molecule has 0 atom stereocenters. The van der Waals surface area contributed by atoms with Crippen LogP contribution in [0.15, 0.2) is 18.2 Å². The molecule has 0 unspecified atom stereocenters. The highest BCUT2D eigenvalue weighted by Gasteiger charge is 1.98. The van der Waals surface area contributed by atoms with Crippen molar-refractivity contribution in [2.24, 2.45) is 0 Å². The van der Waals surface area contributed by atoms with Crippen LogP contribution in [-0.4, -0.2) is 6.61 Å². The highest BCUT2D eigenvalue weighted by atomic mass is 16.5. The van der Waals surface area contributed by atoms with Crippen molar-refractivity contribution in [2.75, 3.05) is 6.61 Å². The number of hydrogen-bond donors (Lipinski definition) is 0. The molecule has 0 aliphatic rings. The van der Waals surface area contributed by atoms with Gasteiger partial charge in [0, 0.05) is 0 Å². The molecular formula is C10H11NO. The third-order valence-corrected chi connectivity index (χ3v) is 1.60. The lowest BCUT2D eigenvalue weighted by atomic mass is 10.2. The minimum Gasteiger partial charge on any atom is -0.494 e. The zero-order valence-electron chi connectivity index (χ0n) is 7.29. The minimum atomic E-state index is 0.663. The second-order valence-corrected chi connectivity index (χ2v) is 2.49. The summed E-state index contributed by atoms with van der Waals surface area (Å²) in [6.07, 6.45) is 0. The fourth-order valence-electron chi connectivity index (χ4n) is 1.01. The van der Waals surface area contributed by atoms with Gasteiger partial charge in [0.1, 0.15) is 5.75 Å². The monoisotopic (exact) mass is 161 g/mol.